The Hall–Kier alpha value is 0. The fraction of sp³-hybridized carbons (Fsp3) is 1.00. The first-order chi connectivity index (χ1) is 7.77. The number of rotatable bonds is 0. The molecule has 16 heavy (non-hydrogen) atoms. The molecule has 0 amide bonds. The summed E-state index contributed by atoms with van der Waals surface area (Å²) in [6.45, 7) is 5.11. The van der Waals surface area contributed by atoms with Gasteiger partial charge in [0, 0.05) is 0 Å². The molecule has 6 unspecified atom stereocenters. The highest BCUT2D eigenvalue weighted by atomic mass is 14.5. The fourth-order valence-corrected chi connectivity index (χ4v) is 5.62. The molecule has 0 heteroatoms. The van der Waals surface area contributed by atoms with E-state index in [1.54, 1.807) is 25.7 Å². The van der Waals surface area contributed by atoms with Crippen molar-refractivity contribution in [2.45, 2.75) is 65.2 Å². The molecule has 0 nitrogen and oxygen atoms in total. The molecule has 0 saturated heterocycles. The monoisotopic (exact) mass is 220 g/mol. The Morgan fingerprint density at radius 2 is 1.44 bits per heavy atom. The normalized spacial score (nSPS) is 52.9. The predicted octanol–water partition coefficient (Wildman–Crippen LogP) is 4.89. The number of hydrogen-bond acceptors (Lipinski definition) is 0. The van der Waals surface area contributed by atoms with E-state index in [-0.39, 0.29) is 0 Å². The molecular formula is C16H28. The van der Waals surface area contributed by atoms with Crippen molar-refractivity contribution >= 4 is 0 Å². The van der Waals surface area contributed by atoms with Crippen molar-refractivity contribution in [1.29, 1.82) is 0 Å². The molecule has 3 saturated carbocycles. The van der Waals surface area contributed by atoms with Crippen molar-refractivity contribution < 1.29 is 0 Å². The highest BCUT2D eigenvalue weighted by molar-refractivity contribution is 4.95. The predicted molar refractivity (Wildman–Crippen MR) is 69.2 cm³/mol. The molecular weight excluding hydrogens is 192 g/mol. The Balaban J connectivity index is 1.83. The smallest absolute Gasteiger partial charge is 0.0329 e. The minimum atomic E-state index is 1.04. The Labute approximate surface area is 101 Å². The molecule has 0 heterocycles. The van der Waals surface area contributed by atoms with Gasteiger partial charge in [0.2, 0.25) is 0 Å². The van der Waals surface area contributed by atoms with E-state index in [2.05, 4.69) is 13.8 Å². The summed E-state index contributed by atoms with van der Waals surface area (Å²) >= 11 is 0. The van der Waals surface area contributed by atoms with Crippen molar-refractivity contribution in [1.82, 2.24) is 0 Å². The summed E-state index contributed by atoms with van der Waals surface area (Å²) in [5.41, 5.74) is 0. The number of fused-ring (bicyclic) bond motifs is 3. The number of hydrogen-bond donors (Lipinski definition) is 0. The standard InChI is InChI=1S/C16H28/c1-11-6-5-7-13-10-12(2)14-8-3-4-9-15(14)16(11)13/h11-16H,3-10H2,1-2H3. The second-order valence-electron chi connectivity index (χ2n) is 7.07. The Morgan fingerprint density at radius 1 is 0.688 bits per heavy atom. The third kappa shape index (κ3) is 1.73. The Bertz CT molecular complexity index is 244. The molecule has 6 atom stereocenters. The molecule has 0 radical (unpaired) electrons. The van der Waals surface area contributed by atoms with E-state index in [4.69, 9.17) is 0 Å². The fourth-order valence-electron chi connectivity index (χ4n) is 5.62. The molecule has 0 aromatic carbocycles. The lowest BCUT2D eigenvalue weighted by Crippen LogP contribution is -2.45. The van der Waals surface area contributed by atoms with Crippen LogP contribution in [0.1, 0.15) is 65.2 Å². The topological polar surface area (TPSA) is 0 Å². The second kappa shape index (κ2) is 4.35. The lowest BCUT2D eigenvalue weighted by molar-refractivity contribution is -0.0352. The van der Waals surface area contributed by atoms with Crippen LogP contribution >= 0.6 is 0 Å². The summed E-state index contributed by atoms with van der Waals surface area (Å²) in [6, 6.07) is 0. The van der Waals surface area contributed by atoms with Gasteiger partial charge in [-0.3, -0.25) is 0 Å². The minimum Gasteiger partial charge on any atom is -0.0622 e. The zero-order chi connectivity index (χ0) is 11.1. The summed E-state index contributed by atoms with van der Waals surface area (Å²) in [6.07, 6.45) is 12.4. The summed E-state index contributed by atoms with van der Waals surface area (Å²) in [7, 11) is 0. The first-order valence-electron chi connectivity index (χ1n) is 7.77. The van der Waals surface area contributed by atoms with Crippen LogP contribution in [-0.4, -0.2) is 0 Å². The molecule has 0 aliphatic heterocycles. The van der Waals surface area contributed by atoms with E-state index >= 15 is 0 Å². The van der Waals surface area contributed by atoms with E-state index < -0.39 is 0 Å². The maximum atomic E-state index is 2.55. The van der Waals surface area contributed by atoms with Gasteiger partial charge in [-0.15, -0.1) is 0 Å². The third-order valence-corrected chi connectivity index (χ3v) is 6.21. The van der Waals surface area contributed by atoms with Gasteiger partial charge in [0.15, 0.2) is 0 Å². The van der Waals surface area contributed by atoms with E-state index in [0.29, 0.717) is 0 Å². The van der Waals surface area contributed by atoms with Crippen LogP contribution < -0.4 is 0 Å². The molecule has 3 fully saturated rings. The quantitative estimate of drug-likeness (QED) is 0.545. The average Bonchev–Trinajstić information content (AvgIpc) is 2.29. The van der Waals surface area contributed by atoms with Gasteiger partial charge in [-0.05, 0) is 54.8 Å². The third-order valence-electron chi connectivity index (χ3n) is 6.21. The Morgan fingerprint density at radius 3 is 2.25 bits per heavy atom. The average molecular weight is 220 g/mol. The first kappa shape index (κ1) is 11.1. The maximum Gasteiger partial charge on any atom is -0.0329 e. The van der Waals surface area contributed by atoms with Crippen LogP contribution in [0, 0.1) is 35.5 Å². The lowest BCUT2D eigenvalue weighted by atomic mass is 9.52. The van der Waals surface area contributed by atoms with Crippen molar-refractivity contribution in [3.8, 4) is 0 Å². The largest absolute Gasteiger partial charge is 0.0622 e. The molecule has 3 aliphatic rings. The van der Waals surface area contributed by atoms with Gasteiger partial charge in [0.05, 0.1) is 0 Å². The maximum absolute atomic E-state index is 2.55. The van der Waals surface area contributed by atoms with Crippen LogP contribution in [0.25, 0.3) is 0 Å². The molecule has 3 rings (SSSR count). The Kier molecular flexibility index (Phi) is 3.02. The first-order valence-corrected chi connectivity index (χ1v) is 7.77. The molecule has 92 valence electrons. The van der Waals surface area contributed by atoms with E-state index in [1.165, 1.54) is 25.7 Å². The van der Waals surface area contributed by atoms with Crippen LogP contribution in [0.15, 0.2) is 0 Å². The van der Waals surface area contributed by atoms with Crippen molar-refractivity contribution in [2.24, 2.45) is 35.5 Å². The molecule has 0 bridgehead atoms. The van der Waals surface area contributed by atoms with Crippen LogP contribution in [0.4, 0.5) is 0 Å². The molecule has 3 aliphatic carbocycles. The second-order valence-corrected chi connectivity index (χ2v) is 7.07. The van der Waals surface area contributed by atoms with Crippen LogP contribution in [0.2, 0.25) is 0 Å². The van der Waals surface area contributed by atoms with E-state index in [1.807, 2.05) is 0 Å². The van der Waals surface area contributed by atoms with Crippen LogP contribution in [0.5, 0.6) is 0 Å². The molecule has 0 aromatic rings. The summed E-state index contributed by atoms with van der Waals surface area (Å²) in [4.78, 5) is 0. The van der Waals surface area contributed by atoms with Gasteiger partial charge >= 0.3 is 0 Å². The van der Waals surface area contributed by atoms with Crippen molar-refractivity contribution in [3.05, 3.63) is 0 Å². The van der Waals surface area contributed by atoms with Gasteiger partial charge < -0.3 is 0 Å². The van der Waals surface area contributed by atoms with Gasteiger partial charge in [-0.25, -0.2) is 0 Å². The van der Waals surface area contributed by atoms with Gasteiger partial charge in [-0.1, -0.05) is 46.0 Å². The SMILES string of the molecule is CC1CC2CCCC(C)C2C2CCCCC12. The van der Waals surface area contributed by atoms with E-state index in [0.717, 1.165) is 35.5 Å². The minimum absolute atomic E-state index is 1.04. The summed E-state index contributed by atoms with van der Waals surface area (Å²) in [5.74, 6) is 6.54. The van der Waals surface area contributed by atoms with Gasteiger partial charge in [0.1, 0.15) is 0 Å². The van der Waals surface area contributed by atoms with Gasteiger partial charge in [0.25, 0.3) is 0 Å². The van der Waals surface area contributed by atoms with Crippen LogP contribution in [-0.2, 0) is 0 Å². The zero-order valence-corrected chi connectivity index (χ0v) is 11.1. The van der Waals surface area contributed by atoms with Crippen molar-refractivity contribution in [2.75, 3.05) is 0 Å². The van der Waals surface area contributed by atoms with Crippen LogP contribution in [0.3, 0.4) is 0 Å². The van der Waals surface area contributed by atoms with Crippen molar-refractivity contribution in [3.63, 3.8) is 0 Å². The molecule has 0 N–H and O–H groups in total. The highest BCUT2D eigenvalue weighted by Gasteiger charge is 2.46. The lowest BCUT2D eigenvalue weighted by Gasteiger charge is -2.53. The van der Waals surface area contributed by atoms with Gasteiger partial charge in [-0.2, -0.15) is 0 Å². The molecule has 0 spiro atoms. The summed E-state index contributed by atoms with van der Waals surface area (Å²) in [5, 5.41) is 0. The summed E-state index contributed by atoms with van der Waals surface area (Å²) < 4.78 is 0. The zero-order valence-electron chi connectivity index (χ0n) is 11.1. The molecule has 0 aromatic heterocycles. The van der Waals surface area contributed by atoms with E-state index in [9.17, 15) is 0 Å². The highest BCUT2D eigenvalue weighted by Crippen LogP contribution is 2.55.